The van der Waals surface area contributed by atoms with Gasteiger partial charge in [-0.25, -0.2) is 0 Å². The molecule has 0 bridgehead atoms. The summed E-state index contributed by atoms with van der Waals surface area (Å²) < 4.78 is 4.88. The maximum Gasteiger partial charge on any atom is 0.322 e. The summed E-state index contributed by atoms with van der Waals surface area (Å²) in [6, 6.07) is -0.712. The van der Waals surface area contributed by atoms with E-state index in [4.69, 9.17) is 4.74 Å². The van der Waals surface area contributed by atoms with E-state index in [0.717, 1.165) is 25.8 Å². The third kappa shape index (κ3) is 3.81. The maximum absolute atomic E-state index is 11.6. The lowest BCUT2D eigenvalue weighted by atomic mass is 10.1. The number of amides is 1. The molecule has 16 heavy (non-hydrogen) atoms. The molecule has 0 saturated carbocycles. The molecule has 0 aromatic heterocycles. The van der Waals surface area contributed by atoms with Gasteiger partial charge < -0.3 is 10.1 Å². The Balaban J connectivity index is 2.44. The van der Waals surface area contributed by atoms with Crippen molar-refractivity contribution in [3.05, 3.63) is 0 Å². The number of nitrogens with one attached hydrogen (secondary N) is 2. The number of ether oxygens (including phenoxy) is 1. The Morgan fingerprint density at radius 3 is 3.06 bits per heavy atom. The van der Waals surface area contributed by atoms with Gasteiger partial charge in [0, 0.05) is 6.54 Å². The van der Waals surface area contributed by atoms with Gasteiger partial charge in [0.1, 0.15) is 6.04 Å². The SMILES string of the molecule is CCOC(=O)C(C)NC1CCCCNC1=O. The Labute approximate surface area is 95.9 Å². The van der Waals surface area contributed by atoms with Crippen molar-refractivity contribution in [3.63, 3.8) is 0 Å². The van der Waals surface area contributed by atoms with Crippen LogP contribution in [-0.4, -0.2) is 37.1 Å². The number of hydrogen-bond donors (Lipinski definition) is 2. The third-order valence-corrected chi connectivity index (χ3v) is 2.63. The molecule has 2 N–H and O–H groups in total. The summed E-state index contributed by atoms with van der Waals surface area (Å²) in [5.41, 5.74) is 0. The largest absolute Gasteiger partial charge is 0.465 e. The molecule has 2 atom stereocenters. The molecule has 0 aromatic rings. The Hall–Kier alpha value is -1.10. The first-order valence-corrected chi connectivity index (χ1v) is 5.85. The standard InChI is InChI=1S/C11H20N2O3/c1-3-16-11(15)8(2)13-9-6-4-5-7-12-10(9)14/h8-9,13H,3-7H2,1-2H3,(H,12,14). The fraction of sp³-hybridized carbons (Fsp3) is 0.818. The van der Waals surface area contributed by atoms with Gasteiger partial charge in [0.2, 0.25) is 5.91 Å². The number of hydrogen-bond acceptors (Lipinski definition) is 4. The van der Waals surface area contributed by atoms with Gasteiger partial charge in [-0.15, -0.1) is 0 Å². The number of esters is 1. The van der Waals surface area contributed by atoms with Gasteiger partial charge in [-0.05, 0) is 33.1 Å². The van der Waals surface area contributed by atoms with E-state index in [1.807, 2.05) is 0 Å². The van der Waals surface area contributed by atoms with Crippen molar-refractivity contribution in [2.75, 3.05) is 13.2 Å². The second kappa shape index (κ2) is 6.48. The van der Waals surface area contributed by atoms with Crippen molar-refractivity contribution in [1.82, 2.24) is 10.6 Å². The molecular weight excluding hydrogens is 208 g/mol. The predicted molar refractivity (Wildman–Crippen MR) is 59.9 cm³/mol. The van der Waals surface area contributed by atoms with Crippen LogP contribution in [0.15, 0.2) is 0 Å². The number of rotatable bonds is 4. The van der Waals surface area contributed by atoms with Crippen LogP contribution >= 0.6 is 0 Å². The Kier molecular flexibility index (Phi) is 5.25. The van der Waals surface area contributed by atoms with E-state index in [2.05, 4.69) is 10.6 Å². The molecule has 0 radical (unpaired) electrons. The zero-order valence-corrected chi connectivity index (χ0v) is 9.91. The summed E-state index contributed by atoms with van der Waals surface area (Å²) in [7, 11) is 0. The van der Waals surface area contributed by atoms with Crippen LogP contribution in [0.5, 0.6) is 0 Å². The molecule has 5 nitrogen and oxygen atoms in total. The highest BCUT2D eigenvalue weighted by Crippen LogP contribution is 2.06. The first kappa shape index (κ1) is 13.0. The highest BCUT2D eigenvalue weighted by atomic mass is 16.5. The molecule has 0 spiro atoms. The molecular formula is C11H20N2O3. The van der Waals surface area contributed by atoms with Crippen LogP contribution in [0.2, 0.25) is 0 Å². The van der Waals surface area contributed by atoms with Crippen LogP contribution < -0.4 is 10.6 Å². The van der Waals surface area contributed by atoms with Crippen LogP contribution in [0.1, 0.15) is 33.1 Å². The van der Waals surface area contributed by atoms with Crippen molar-refractivity contribution in [2.45, 2.75) is 45.2 Å². The number of carbonyl (C=O) groups is 2. The number of carbonyl (C=O) groups excluding carboxylic acids is 2. The first-order valence-electron chi connectivity index (χ1n) is 5.85. The van der Waals surface area contributed by atoms with Crippen LogP contribution in [-0.2, 0) is 14.3 Å². The summed E-state index contributed by atoms with van der Waals surface area (Å²) in [6.45, 7) is 4.58. The second-order valence-corrected chi connectivity index (χ2v) is 3.98. The molecule has 1 fully saturated rings. The minimum absolute atomic E-state index is 0.0198. The van der Waals surface area contributed by atoms with Crippen molar-refractivity contribution in [3.8, 4) is 0 Å². The third-order valence-electron chi connectivity index (χ3n) is 2.63. The summed E-state index contributed by atoms with van der Waals surface area (Å²) in [6.07, 6.45) is 2.76. The van der Waals surface area contributed by atoms with Gasteiger partial charge in [-0.3, -0.25) is 14.9 Å². The van der Waals surface area contributed by atoms with E-state index in [-0.39, 0.29) is 17.9 Å². The van der Waals surface area contributed by atoms with E-state index >= 15 is 0 Å². The van der Waals surface area contributed by atoms with Crippen LogP contribution in [0.3, 0.4) is 0 Å². The van der Waals surface area contributed by atoms with Gasteiger partial charge in [-0.2, -0.15) is 0 Å². The zero-order valence-electron chi connectivity index (χ0n) is 9.91. The summed E-state index contributed by atoms with van der Waals surface area (Å²) in [5.74, 6) is -0.326. The van der Waals surface area contributed by atoms with Crippen LogP contribution in [0.25, 0.3) is 0 Å². The molecule has 0 aliphatic carbocycles. The molecule has 0 aromatic carbocycles. The molecule has 1 aliphatic heterocycles. The highest BCUT2D eigenvalue weighted by molar-refractivity contribution is 5.83. The van der Waals surface area contributed by atoms with Gasteiger partial charge in [0.15, 0.2) is 0 Å². The van der Waals surface area contributed by atoms with Gasteiger partial charge in [-0.1, -0.05) is 0 Å². The average molecular weight is 228 g/mol. The van der Waals surface area contributed by atoms with Crippen molar-refractivity contribution in [2.24, 2.45) is 0 Å². The predicted octanol–water partition coefficient (Wildman–Crippen LogP) is 0.196. The fourth-order valence-corrected chi connectivity index (χ4v) is 1.74. The van der Waals surface area contributed by atoms with E-state index in [1.165, 1.54) is 0 Å². The second-order valence-electron chi connectivity index (χ2n) is 3.98. The van der Waals surface area contributed by atoms with E-state index < -0.39 is 6.04 Å². The zero-order chi connectivity index (χ0) is 12.0. The lowest BCUT2D eigenvalue weighted by molar-refractivity contribution is -0.145. The van der Waals surface area contributed by atoms with E-state index in [9.17, 15) is 9.59 Å². The average Bonchev–Trinajstić information content (AvgIpc) is 2.45. The van der Waals surface area contributed by atoms with Crippen LogP contribution in [0.4, 0.5) is 0 Å². The first-order chi connectivity index (χ1) is 7.65. The van der Waals surface area contributed by atoms with Crippen molar-refractivity contribution >= 4 is 11.9 Å². The van der Waals surface area contributed by atoms with Gasteiger partial charge >= 0.3 is 5.97 Å². The molecule has 1 rings (SSSR count). The highest BCUT2D eigenvalue weighted by Gasteiger charge is 2.25. The summed E-state index contributed by atoms with van der Waals surface area (Å²) in [5, 5.41) is 5.82. The molecule has 1 heterocycles. The molecule has 1 aliphatic rings. The lowest BCUT2D eigenvalue weighted by Gasteiger charge is -2.19. The van der Waals surface area contributed by atoms with E-state index in [0.29, 0.717) is 6.61 Å². The molecule has 1 amide bonds. The van der Waals surface area contributed by atoms with E-state index in [1.54, 1.807) is 13.8 Å². The normalized spacial score (nSPS) is 23.1. The van der Waals surface area contributed by atoms with Gasteiger partial charge in [0.05, 0.1) is 12.6 Å². The quantitative estimate of drug-likeness (QED) is 0.674. The maximum atomic E-state index is 11.6. The summed E-state index contributed by atoms with van der Waals surface area (Å²) >= 11 is 0. The Morgan fingerprint density at radius 2 is 2.38 bits per heavy atom. The molecule has 5 heteroatoms. The van der Waals surface area contributed by atoms with Crippen molar-refractivity contribution < 1.29 is 14.3 Å². The fourth-order valence-electron chi connectivity index (χ4n) is 1.74. The Bertz CT molecular complexity index is 256. The molecule has 2 unspecified atom stereocenters. The van der Waals surface area contributed by atoms with Crippen LogP contribution in [0, 0.1) is 0 Å². The van der Waals surface area contributed by atoms with Gasteiger partial charge in [0.25, 0.3) is 0 Å². The monoisotopic (exact) mass is 228 g/mol. The molecule has 1 saturated heterocycles. The minimum Gasteiger partial charge on any atom is -0.465 e. The summed E-state index contributed by atoms with van der Waals surface area (Å²) in [4.78, 5) is 23.0. The topological polar surface area (TPSA) is 67.4 Å². The minimum atomic E-state index is -0.436. The van der Waals surface area contributed by atoms with Crippen molar-refractivity contribution in [1.29, 1.82) is 0 Å². The lowest BCUT2D eigenvalue weighted by Crippen LogP contribution is -2.49. The smallest absolute Gasteiger partial charge is 0.322 e. The Morgan fingerprint density at radius 1 is 1.62 bits per heavy atom. The molecule has 92 valence electrons.